The SMILES string of the molecule is CC(=CCN1CCCC(C)C1)C(=O)O. The molecule has 1 aliphatic heterocycles. The van der Waals surface area contributed by atoms with Gasteiger partial charge in [-0.25, -0.2) is 4.79 Å². The van der Waals surface area contributed by atoms with Crippen molar-refractivity contribution in [1.29, 1.82) is 0 Å². The molecular weight excluding hydrogens is 178 g/mol. The van der Waals surface area contributed by atoms with E-state index in [9.17, 15) is 4.79 Å². The Balaban J connectivity index is 2.37. The van der Waals surface area contributed by atoms with Crippen LogP contribution in [-0.2, 0) is 4.79 Å². The van der Waals surface area contributed by atoms with E-state index in [4.69, 9.17) is 5.11 Å². The predicted molar refractivity (Wildman–Crippen MR) is 56.2 cm³/mol. The van der Waals surface area contributed by atoms with Gasteiger partial charge in [0.2, 0.25) is 0 Å². The summed E-state index contributed by atoms with van der Waals surface area (Å²) in [6.07, 6.45) is 4.35. The Labute approximate surface area is 85.4 Å². The smallest absolute Gasteiger partial charge is 0.330 e. The number of piperidine rings is 1. The number of carbonyl (C=O) groups is 1. The second-order valence-corrected chi connectivity index (χ2v) is 4.20. The minimum absolute atomic E-state index is 0.447. The monoisotopic (exact) mass is 197 g/mol. The average molecular weight is 197 g/mol. The lowest BCUT2D eigenvalue weighted by atomic mass is 10.0. The van der Waals surface area contributed by atoms with Crippen molar-refractivity contribution in [1.82, 2.24) is 4.90 Å². The van der Waals surface area contributed by atoms with E-state index in [0.29, 0.717) is 5.57 Å². The van der Waals surface area contributed by atoms with Crippen molar-refractivity contribution < 1.29 is 9.90 Å². The number of hydrogen-bond acceptors (Lipinski definition) is 2. The molecule has 0 aromatic heterocycles. The summed E-state index contributed by atoms with van der Waals surface area (Å²) in [6, 6.07) is 0. The van der Waals surface area contributed by atoms with Crippen LogP contribution >= 0.6 is 0 Å². The van der Waals surface area contributed by atoms with Crippen LogP contribution in [0.15, 0.2) is 11.6 Å². The van der Waals surface area contributed by atoms with Gasteiger partial charge in [-0.2, -0.15) is 0 Å². The molecule has 1 atom stereocenters. The van der Waals surface area contributed by atoms with Gasteiger partial charge in [0.05, 0.1) is 0 Å². The van der Waals surface area contributed by atoms with Crippen LogP contribution in [0.2, 0.25) is 0 Å². The first-order chi connectivity index (χ1) is 6.59. The van der Waals surface area contributed by atoms with Crippen LogP contribution in [0.4, 0.5) is 0 Å². The van der Waals surface area contributed by atoms with Crippen molar-refractivity contribution in [3.8, 4) is 0 Å². The molecular formula is C11H19NO2. The molecule has 1 aliphatic rings. The first-order valence-corrected chi connectivity index (χ1v) is 5.22. The number of carboxylic acids is 1. The minimum Gasteiger partial charge on any atom is -0.478 e. The quantitative estimate of drug-likeness (QED) is 0.701. The zero-order valence-electron chi connectivity index (χ0n) is 8.99. The molecule has 0 amide bonds. The highest BCUT2D eigenvalue weighted by Gasteiger charge is 2.15. The summed E-state index contributed by atoms with van der Waals surface area (Å²) < 4.78 is 0. The molecule has 14 heavy (non-hydrogen) atoms. The zero-order valence-corrected chi connectivity index (χ0v) is 8.99. The molecule has 0 bridgehead atoms. The molecule has 1 fully saturated rings. The number of carboxylic acid groups (broad SMARTS) is 1. The van der Waals surface area contributed by atoms with Crippen molar-refractivity contribution in [2.45, 2.75) is 26.7 Å². The summed E-state index contributed by atoms with van der Waals surface area (Å²) in [4.78, 5) is 12.9. The Morgan fingerprint density at radius 2 is 2.36 bits per heavy atom. The van der Waals surface area contributed by atoms with Gasteiger partial charge in [-0.3, -0.25) is 4.90 Å². The standard InChI is InChI=1S/C11H19NO2/c1-9-4-3-6-12(8-9)7-5-10(2)11(13)14/h5,9H,3-4,6-8H2,1-2H3,(H,13,14). The number of rotatable bonds is 3. The van der Waals surface area contributed by atoms with E-state index in [-0.39, 0.29) is 0 Å². The molecule has 1 N–H and O–H groups in total. The summed E-state index contributed by atoms with van der Waals surface area (Å²) in [5.41, 5.74) is 0.447. The van der Waals surface area contributed by atoms with Crippen molar-refractivity contribution in [2.75, 3.05) is 19.6 Å². The van der Waals surface area contributed by atoms with Gasteiger partial charge in [-0.15, -0.1) is 0 Å². The molecule has 0 saturated carbocycles. The van der Waals surface area contributed by atoms with Crippen molar-refractivity contribution in [3.63, 3.8) is 0 Å². The highest BCUT2D eigenvalue weighted by molar-refractivity contribution is 5.85. The normalized spacial score (nSPS) is 25.0. The number of nitrogens with zero attached hydrogens (tertiary/aromatic N) is 1. The topological polar surface area (TPSA) is 40.5 Å². The van der Waals surface area contributed by atoms with Gasteiger partial charge in [0.1, 0.15) is 0 Å². The maximum Gasteiger partial charge on any atom is 0.330 e. The van der Waals surface area contributed by atoms with Crippen LogP contribution in [0.5, 0.6) is 0 Å². The fourth-order valence-electron chi connectivity index (χ4n) is 1.81. The summed E-state index contributed by atoms with van der Waals surface area (Å²) in [5, 5.41) is 8.68. The summed E-state index contributed by atoms with van der Waals surface area (Å²) >= 11 is 0. The molecule has 1 heterocycles. The largest absolute Gasteiger partial charge is 0.478 e. The van der Waals surface area contributed by atoms with Crippen LogP contribution in [0.3, 0.4) is 0 Å². The molecule has 0 spiro atoms. The van der Waals surface area contributed by atoms with Crippen molar-refractivity contribution in [2.24, 2.45) is 5.92 Å². The fourth-order valence-corrected chi connectivity index (χ4v) is 1.81. The van der Waals surface area contributed by atoms with Crippen LogP contribution < -0.4 is 0 Å². The Kier molecular flexibility index (Phi) is 4.14. The van der Waals surface area contributed by atoms with Crippen molar-refractivity contribution >= 4 is 5.97 Å². The van der Waals surface area contributed by atoms with Gasteiger partial charge in [0.15, 0.2) is 0 Å². The highest BCUT2D eigenvalue weighted by Crippen LogP contribution is 2.15. The van der Waals surface area contributed by atoms with Gasteiger partial charge in [0.25, 0.3) is 0 Å². The molecule has 80 valence electrons. The van der Waals surface area contributed by atoms with Crippen LogP contribution in [0.25, 0.3) is 0 Å². The van der Waals surface area contributed by atoms with Gasteiger partial charge in [-0.1, -0.05) is 13.0 Å². The fraction of sp³-hybridized carbons (Fsp3) is 0.727. The predicted octanol–water partition coefficient (Wildman–Crippen LogP) is 1.75. The molecule has 1 unspecified atom stereocenters. The van der Waals surface area contributed by atoms with E-state index in [1.54, 1.807) is 13.0 Å². The molecule has 0 aromatic carbocycles. The molecule has 3 nitrogen and oxygen atoms in total. The maximum atomic E-state index is 10.5. The lowest BCUT2D eigenvalue weighted by Gasteiger charge is -2.29. The highest BCUT2D eigenvalue weighted by atomic mass is 16.4. The van der Waals surface area contributed by atoms with Crippen molar-refractivity contribution in [3.05, 3.63) is 11.6 Å². The first-order valence-electron chi connectivity index (χ1n) is 5.22. The Morgan fingerprint density at radius 1 is 1.64 bits per heavy atom. The third-order valence-corrected chi connectivity index (χ3v) is 2.73. The Hall–Kier alpha value is -0.830. The van der Waals surface area contributed by atoms with E-state index in [1.807, 2.05) is 0 Å². The Bertz CT molecular complexity index is 235. The van der Waals surface area contributed by atoms with E-state index < -0.39 is 5.97 Å². The summed E-state index contributed by atoms with van der Waals surface area (Å²) in [7, 11) is 0. The Morgan fingerprint density at radius 3 is 2.93 bits per heavy atom. The molecule has 1 rings (SSSR count). The summed E-state index contributed by atoms with van der Waals surface area (Å²) in [6.45, 7) is 6.88. The number of hydrogen-bond donors (Lipinski definition) is 1. The van der Waals surface area contributed by atoms with Crippen LogP contribution in [0, 0.1) is 5.92 Å². The van der Waals surface area contributed by atoms with Gasteiger partial charge in [0, 0.05) is 18.7 Å². The van der Waals surface area contributed by atoms with E-state index >= 15 is 0 Å². The number of likely N-dealkylation sites (tertiary alicyclic amines) is 1. The molecule has 0 radical (unpaired) electrons. The zero-order chi connectivity index (χ0) is 10.6. The second-order valence-electron chi connectivity index (χ2n) is 4.20. The van der Waals surface area contributed by atoms with Crippen LogP contribution in [-0.4, -0.2) is 35.6 Å². The second kappa shape index (κ2) is 5.15. The van der Waals surface area contributed by atoms with Gasteiger partial charge < -0.3 is 5.11 Å². The van der Waals surface area contributed by atoms with E-state index in [2.05, 4.69) is 11.8 Å². The third kappa shape index (κ3) is 3.50. The molecule has 0 aliphatic carbocycles. The number of aliphatic carboxylic acids is 1. The molecule has 1 saturated heterocycles. The lowest BCUT2D eigenvalue weighted by molar-refractivity contribution is -0.132. The molecule has 0 aromatic rings. The maximum absolute atomic E-state index is 10.5. The van der Waals surface area contributed by atoms with Gasteiger partial charge in [-0.05, 0) is 32.2 Å². The average Bonchev–Trinajstić information content (AvgIpc) is 2.14. The van der Waals surface area contributed by atoms with Gasteiger partial charge >= 0.3 is 5.97 Å². The minimum atomic E-state index is -0.810. The third-order valence-electron chi connectivity index (χ3n) is 2.73. The van der Waals surface area contributed by atoms with Crippen LogP contribution in [0.1, 0.15) is 26.7 Å². The molecule has 3 heteroatoms. The summed E-state index contributed by atoms with van der Waals surface area (Å²) in [5.74, 6) is -0.0580. The first kappa shape index (κ1) is 11.2. The lowest BCUT2D eigenvalue weighted by Crippen LogP contribution is -2.34. The van der Waals surface area contributed by atoms with E-state index in [1.165, 1.54) is 12.8 Å². The van der Waals surface area contributed by atoms with E-state index in [0.717, 1.165) is 25.6 Å².